The van der Waals surface area contributed by atoms with Gasteiger partial charge in [-0.1, -0.05) is 0 Å². The zero-order valence-corrected chi connectivity index (χ0v) is 18.5. The van der Waals surface area contributed by atoms with Gasteiger partial charge >= 0.3 is 173 Å². The van der Waals surface area contributed by atoms with Crippen LogP contribution in [0.3, 0.4) is 0 Å². The summed E-state index contributed by atoms with van der Waals surface area (Å²) in [6.07, 6.45) is 0. The van der Waals surface area contributed by atoms with E-state index in [0.29, 0.717) is 11.1 Å². The second-order valence-corrected chi connectivity index (χ2v) is 11.3. The summed E-state index contributed by atoms with van der Waals surface area (Å²) in [5.41, 5.74) is 5.87. The molecule has 1 atom stereocenters. The van der Waals surface area contributed by atoms with Crippen LogP contribution in [0.25, 0.3) is 15.3 Å². The maximum atomic E-state index is 14.8. The third-order valence-electron chi connectivity index (χ3n) is 5.14. The first-order valence-electron chi connectivity index (χ1n) is 8.77. The van der Waals surface area contributed by atoms with Crippen molar-refractivity contribution in [1.82, 2.24) is 7.87 Å². The van der Waals surface area contributed by atoms with E-state index in [1.54, 1.807) is 9.63 Å². The summed E-state index contributed by atoms with van der Waals surface area (Å²) in [6.45, 7) is 3.48. The molecule has 29 heavy (non-hydrogen) atoms. The van der Waals surface area contributed by atoms with Gasteiger partial charge in [-0.2, -0.15) is 0 Å². The standard InChI is InChI=1S/C19H19FN4O3SSe/c1-11-5-4-6-13-16(11)29-24(17(13)25)12-7-8-15(20)14(9-12)19(2)10-28(26,27)23(3)18(21)22-19/h4-9H,10H2,1-3H3,(H2,21,22)/t19-/m0/s1. The summed E-state index contributed by atoms with van der Waals surface area (Å²) in [6, 6.07) is 9.85. The Kier molecular flexibility index (Phi) is 4.49. The molecule has 10 heteroatoms. The minimum atomic E-state index is -3.74. The van der Waals surface area contributed by atoms with Crippen LogP contribution >= 0.6 is 0 Å². The van der Waals surface area contributed by atoms with Crippen molar-refractivity contribution in [1.29, 1.82) is 0 Å². The Bertz CT molecular complexity index is 1350. The van der Waals surface area contributed by atoms with Crippen LogP contribution in [0, 0.1) is 12.7 Å². The number of benzene rings is 2. The van der Waals surface area contributed by atoms with E-state index in [4.69, 9.17) is 5.73 Å². The van der Waals surface area contributed by atoms with Gasteiger partial charge in [-0.3, -0.25) is 0 Å². The molecule has 1 aliphatic heterocycles. The van der Waals surface area contributed by atoms with Gasteiger partial charge in [0, 0.05) is 0 Å². The molecule has 0 saturated heterocycles. The molecule has 4 rings (SSSR count). The van der Waals surface area contributed by atoms with Crippen LogP contribution < -0.4 is 11.3 Å². The summed E-state index contributed by atoms with van der Waals surface area (Å²) in [5, 5.41) is 0.645. The first kappa shape index (κ1) is 19.9. The first-order valence-corrected chi connectivity index (χ1v) is 12.0. The van der Waals surface area contributed by atoms with Gasteiger partial charge in [0.05, 0.1) is 0 Å². The third kappa shape index (κ3) is 3.11. The fourth-order valence-corrected chi connectivity index (χ4v) is 7.14. The number of nitrogens with two attached hydrogens (primary N) is 1. The van der Waals surface area contributed by atoms with E-state index >= 15 is 0 Å². The number of sulfonamides is 1. The molecule has 152 valence electrons. The Morgan fingerprint density at radius 3 is 2.66 bits per heavy atom. The molecular formula is C19H19FN4O3SSe. The second kappa shape index (κ2) is 6.55. The zero-order chi connectivity index (χ0) is 21.1. The van der Waals surface area contributed by atoms with Gasteiger partial charge in [0.2, 0.25) is 0 Å². The van der Waals surface area contributed by atoms with E-state index in [1.165, 1.54) is 32.2 Å². The van der Waals surface area contributed by atoms with Gasteiger partial charge in [0.15, 0.2) is 0 Å². The van der Waals surface area contributed by atoms with Crippen LogP contribution in [0.2, 0.25) is 0 Å². The molecule has 0 unspecified atom stereocenters. The van der Waals surface area contributed by atoms with Crippen molar-refractivity contribution in [3.8, 4) is 5.69 Å². The third-order valence-corrected chi connectivity index (χ3v) is 9.78. The van der Waals surface area contributed by atoms with Crippen LogP contribution in [-0.2, 0) is 15.6 Å². The van der Waals surface area contributed by atoms with Gasteiger partial charge in [0.1, 0.15) is 0 Å². The number of aryl methyl sites for hydroxylation is 1. The number of aliphatic imine (C=N–C) groups is 1. The Hall–Kier alpha value is -2.42. The molecule has 0 fully saturated rings. The van der Waals surface area contributed by atoms with Gasteiger partial charge in [-0.25, -0.2) is 0 Å². The second-order valence-electron chi connectivity index (χ2n) is 7.27. The summed E-state index contributed by atoms with van der Waals surface area (Å²) in [7, 11) is -2.43. The Labute approximate surface area is 173 Å². The molecule has 0 spiro atoms. The number of hydrogen-bond donors (Lipinski definition) is 1. The van der Waals surface area contributed by atoms with E-state index in [-0.39, 0.29) is 31.8 Å². The number of aromatic nitrogens is 1. The average Bonchev–Trinajstić information content (AvgIpc) is 2.98. The minimum absolute atomic E-state index is 0.0888. The van der Waals surface area contributed by atoms with Crippen molar-refractivity contribution >= 4 is 40.4 Å². The van der Waals surface area contributed by atoms with Crippen molar-refractivity contribution < 1.29 is 12.8 Å². The van der Waals surface area contributed by atoms with Crippen LogP contribution in [0.1, 0.15) is 18.1 Å². The molecule has 2 N–H and O–H groups in total. The number of hydrogen-bond acceptors (Lipinski definition) is 5. The Morgan fingerprint density at radius 1 is 1.28 bits per heavy atom. The molecule has 0 aliphatic carbocycles. The van der Waals surface area contributed by atoms with Crippen molar-refractivity contribution in [3.63, 3.8) is 0 Å². The monoisotopic (exact) mass is 482 g/mol. The predicted molar refractivity (Wildman–Crippen MR) is 112 cm³/mol. The molecule has 0 saturated carbocycles. The zero-order valence-electron chi connectivity index (χ0n) is 16.0. The van der Waals surface area contributed by atoms with Crippen LogP contribution in [-0.4, -0.2) is 49.8 Å². The molecular weight excluding hydrogens is 462 g/mol. The van der Waals surface area contributed by atoms with Gasteiger partial charge in [-0.05, 0) is 0 Å². The molecule has 0 bridgehead atoms. The van der Waals surface area contributed by atoms with E-state index in [9.17, 15) is 17.6 Å². The first-order chi connectivity index (χ1) is 13.5. The molecule has 2 aromatic carbocycles. The number of rotatable bonds is 2. The van der Waals surface area contributed by atoms with Crippen LogP contribution in [0.5, 0.6) is 0 Å². The summed E-state index contributed by atoms with van der Waals surface area (Å²) in [4.78, 5) is 17.2. The summed E-state index contributed by atoms with van der Waals surface area (Å²) < 4.78 is 43.2. The SMILES string of the molecule is Cc1cccc2c(=O)n(-c3ccc(F)c([C@]4(C)CS(=O)(=O)N(C)C(N)=N4)c3)[se]c12. The molecule has 7 nitrogen and oxygen atoms in total. The van der Waals surface area contributed by atoms with E-state index < -0.39 is 27.1 Å². The van der Waals surface area contributed by atoms with Gasteiger partial charge < -0.3 is 0 Å². The van der Waals surface area contributed by atoms with Gasteiger partial charge in [-0.15, -0.1) is 0 Å². The molecule has 0 radical (unpaired) electrons. The van der Waals surface area contributed by atoms with Crippen LogP contribution in [0.4, 0.5) is 4.39 Å². The molecule has 1 aromatic heterocycles. The summed E-state index contributed by atoms with van der Waals surface area (Å²) >= 11 is -0.297. The van der Waals surface area contributed by atoms with Gasteiger partial charge in [0.25, 0.3) is 0 Å². The number of guanidine groups is 1. The molecule has 0 amide bonds. The normalized spacial score (nSPS) is 21.4. The molecule has 1 aliphatic rings. The van der Waals surface area contributed by atoms with E-state index in [1.807, 2.05) is 19.1 Å². The van der Waals surface area contributed by atoms with E-state index in [2.05, 4.69) is 4.99 Å². The number of fused-ring (bicyclic) bond motifs is 1. The van der Waals surface area contributed by atoms with Crippen molar-refractivity contribution in [2.24, 2.45) is 10.7 Å². The van der Waals surface area contributed by atoms with E-state index in [0.717, 1.165) is 14.1 Å². The molecule has 2 heterocycles. The summed E-state index contributed by atoms with van der Waals surface area (Å²) in [5.74, 6) is -1.22. The number of nitrogens with zero attached hydrogens (tertiary/aromatic N) is 3. The Morgan fingerprint density at radius 2 is 2.00 bits per heavy atom. The number of halogens is 1. The topological polar surface area (TPSA) is 97.8 Å². The fraction of sp³-hybridized carbons (Fsp3) is 0.263. The average molecular weight is 481 g/mol. The fourth-order valence-electron chi connectivity index (χ4n) is 3.49. The van der Waals surface area contributed by atoms with Crippen molar-refractivity contribution in [2.75, 3.05) is 12.8 Å². The quantitative estimate of drug-likeness (QED) is 0.558. The maximum absolute atomic E-state index is 14.8. The Balaban J connectivity index is 1.92. The van der Waals surface area contributed by atoms with Crippen molar-refractivity contribution in [2.45, 2.75) is 19.4 Å². The van der Waals surface area contributed by atoms with Crippen LogP contribution in [0.15, 0.2) is 46.2 Å². The van der Waals surface area contributed by atoms with Crippen molar-refractivity contribution in [3.05, 3.63) is 63.7 Å². The molecule has 3 aromatic rings. The predicted octanol–water partition coefficient (Wildman–Crippen LogP) is 1.30.